The molecule has 1 saturated carbocycles. The summed E-state index contributed by atoms with van der Waals surface area (Å²) < 4.78 is 5.29. The molecule has 0 aromatic rings. The van der Waals surface area contributed by atoms with Crippen molar-refractivity contribution < 1.29 is 14.3 Å². The van der Waals surface area contributed by atoms with E-state index in [4.69, 9.17) is 4.74 Å². The Balaban J connectivity index is 1.80. The van der Waals surface area contributed by atoms with Gasteiger partial charge in [-0.25, -0.2) is 4.79 Å². The zero-order valence-electron chi connectivity index (χ0n) is 18.6. The summed E-state index contributed by atoms with van der Waals surface area (Å²) in [5, 5.41) is 2.77. The summed E-state index contributed by atoms with van der Waals surface area (Å²) in [6.45, 7) is 4.45. The van der Waals surface area contributed by atoms with Crippen LogP contribution in [0.5, 0.6) is 0 Å². The van der Waals surface area contributed by atoms with E-state index in [1.165, 1.54) is 77.0 Å². The van der Waals surface area contributed by atoms with E-state index in [2.05, 4.69) is 12.2 Å². The highest BCUT2D eigenvalue weighted by atomic mass is 16.5. The molecule has 4 heteroatoms. The maximum atomic E-state index is 11.9. The quantitative estimate of drug-likeness (QED) is 0.218. The van der Waals surface area contributed by atoms with Crippen molar-refractivity contribution in [3.63, 3.8) is 0 Å². The van der Waals surface area contributed by atoms with Gasteiger partial charge in [-0.15, -0.1) is 0 Å². The Hall–Kier alpha value is -1.06. The highest BCUT2D eigenvalue weighted by molar-refractivity contribution is 5.85. The molecule has 1 fully saturated rings. The summed E-state index contributed by atoms with van der Waals surface area (Å²) >= 11 is 0. The van der Waals surface area contributed by atoms with E-state index in [1.54, 1.807) is 6.92 Å². The molecule has 1 atom stereocenters. The third-order valence-electron chi connectivity index (χ3n) is 5.93. The van der Waals surface area contributed by atoms with Crippen molar-refractivity contribution >= 4 is 11.9 Å². The van der Waals surface area contributed by atoms with E-state index in [-0.39, 0.29) is 17.8 Å². The molecule has 0 bridgehead atoms. The lowest BCUT2D eigenvalue weighted by Gasteiger charge is -2.25. The maximum Gasteiger partial charge on any atom is 0.328 e. The minimum atomic E-state index is -0.528. The van der Waals surface area contributed by atoms with Gasteiger partial charge < -0.3 is 10.1 Å². The van der Waals surface area contributed by atoms with Crippen molar-refractivity contribution in [2.45, 2.75) is 129 Å². The predicted octanol–water partition coefficient (Wildman–Crippen LogP) is 6.32. The third-order valence-corrected chi connectivity index (χ3v) is 5.93. The van der Waals surface area contributed by atoms with Gasteiger partial charge in [0.05, 0.1) is 6.61 Å². The largest absolute Gasteiger partial charge is 0.464 e. The van der Waals surface area contributed by atoms with Gasteiger partial charge >= 0.3 is 5.97 Å². The lowest BCUT2D eigenvalue weighted by Crippen LogP contribution is -2.44. The lowest BCUT2D eigenvalue weighted by molar-refractivity contribution is -0.148. The molecule has 0 aromatic heterocycles. The van der Waals surface area contributed by atoms with Gasteiger partial charge in [-0.2, -0.15) is 0 Å². The van der Waals surface area contributed by atoms with Crippen LogP contribution in [0.2, 0.25) is 0 Å². The monoisotopic (exact) mass is 395 g/mol. The Morgan fingerprint density at radius 2 is 1.29 bits per heavy atom. The number of amides is 1. The second-order valence-corrected chi connectivity index (χ2v) is 8.62. The molecule has 0 aliphatic heterocycles. The number of nitrogens with one attached hydrogen (secondary N) is 1. The molecule has 0 heterocycles. The van der Waals surface area contributed by atoms with Crippen molar-refractivity contribution in [3.05, 3.63) is 0 Å². The fourth-order valence-electron chi connectivity index (χ4n) is 3.65. The van der Waals surface area contributed by atoms with Crippen molar-refractivity contribution in [3.8, 4) is 0 Å². The van der Waals surface area contributed by atoms with Crippen LogP contribution >= 0.6 is 0 Å². The standard InChI is InChI=1S/C24H45NO3/c1-3-4-5-6-7-8-9-10-11-12-13-14-15-16-20-28-24(27)21(2)25-23(26)22-18-17-19-22/h21-22H,3-20H2,1-2H3,(H,25,26)/t21-/m0/s1. The zero-order valence-corrected chi connectivity index (χ0v) is 18.6. The fraction of sp³-hybridized carbons (Fsp3) is 0.917. The summed E-state index contributed by atoms with van der Waals surface area (Å²) in [5.41, 5.74) is 0. The Labute approximate surface area is 173 Å². The summed E-state index contributed by atoms with van der Waals surface area (Å²) in [6, 6.07) is -0.528. The number of carbonyl (C=O) groups is 2. The van der Waals surface area contributed by atoms with Crippen LogP contribution in [-0.4, -0.2) is 24.5 Å². The van der Waals surface area contributed by atoms with Crippen LogP contribution in [0, 0.1) is 5.92 Å². The van der Waals surface area contributed by atoms with E-state index < -0.39 is 6.04 Å². The first-order valence-corrected chi connectivity index (χ1v) is 12.1. The SMILES string of the molecule is CCCCCCCCCCCCCCCCOC(=O)[C@H](C)NC(=O)C1CCC1. The van der Waals surface area contributed by atoms with Gasteiger partial charge in [-0.05, 0) is 26.2 Å². The van der Waals surface area contributed by atoms with Crippen molar-refractivity contribution in [1.82, 2.24) is 5.32 Å². The maximum absolute atomic E-state index is 11.9. The first kappa shape index (κ1) is 25.0. The van der Waals surface area contributed by atoms with Gasteiger partial charge in [-0.3, -0.25) is 4.79 Å². The molecule has 4 nitrogen and oxygen atoms in total. The Morgan fingerprint density at radius 1 is 0.821 bits per heavy atom. The lowest BCUT2D eigenvalue weighted by atomic mass is 9.84. The van der Waals surface area contributed by atoms with Crippen LogP contribution in [0.25, 0.3) is 0 Å². The minimum Gasteiger partial charge on any atom is -0.464 e. The molecule has 0 spiro atoms. The van der Waals surface area contributed by atoms with Crippen molar-refractivity contribution in [2.75, 3.05) is 6.61 Å². The number of hydrogen-bond acceptors (Lipinski definition) is 3. The van der Waals surface area contributed by atoms with E-state index in [9.17, 15) is 9.59 Å². The van der Waals surface area contributed by atoms with E-state index >= 15 is 0 Å². The number of rotatable bonds is 18. The van der Waals surface area contributed by atoms with Gasteiger partial charge in [0.25, 0.3) is 0 Å². The van der Waals surface area contributed by atoms with Crippen LogP contribution in [-0.2, 0) is 14.3 Å². The summed E-state index contributed by atoms with van der Waals surface area (Å²) in [5.74, 6) is -0.185. The molecule has 0 saturated heterocycles. The summed E-state index contributed by atoms with van der Waals surface area (Å²) in [7, 11) is 0. The smallest absolute Gasteiger partial charge is 0.328 e. The number of carbonyl (C=O) groups excluding carboxylic acids is 2. The molecule has 164 valence electrons. The van der Waals surface area contributed by atoms with Crippen LogP contribution in [0.4, 0.5) is 0 Å². The van der Waals surface area contributed by atoms with Gasteiger partial charge in [0, 0.05) is 5.92 Å². The Kier molecular flexibility index (Phi) is 15.0. The second-order valence-electron chi connectivity index (χ2n) is 8.62. The minimum absolute atomic E-state index is 0.00666. The first-order valence-electron chi connectivity index (χ1n) is 12.1. The highest BCUT2D eigenvalue weighted by Gasteiger charge is 2.27. The van der Waals surface area contributed by atoms with Gasteiger partial charge in [0.2, 0.25) is 5.91 Å². The number of ether oxygens (including phenoxy) is 1. The molecule has 1 aliphatic carbocycles. The Morgan fingerprint density at radius 3 is 1.71 bits per heavy atom. The van der Waals surface area contributed by atoms with E-state index in [0.717, 1.165) is 32.1 Å². The predicted molar refractivity (Wildman–Crippen MR) is 116 cm³/mol. The molecular formula is C24H45NO3. The number of hydrogen-bond donors (Lipinski definition) is 1. The van der Waals surface area contributed by atoms with E-state index in [1.807, 2.05) is 0 Å². The third kappa shape index (κ3) is 12.4. The number of unbranched alkanes of at least 4 members (excludes halogenated alkanes) is 13. The molecule has 1 amide bonds. The van der Waals surface area contributed by atoms with Gasteiger partial charge in [0.1, 0.15) is 6.04 Å². The molecule has 0 unspecified atom stereocenters. The van der Waals surface area contributed by atoms with Crippen molar-refractivity contribution in [1.29, 1.82) is 0 Å². The van der Waals surface area contributed by atoms with Crippen LogP contribution in [0.15, 0.2) is 0 Å². The molecule has 0 radical (unpaired) electrons. The molecule has 28 heavy (non-hydrogen) atoms. The van der Waals surface area contributed by atoms with E-state index in [0.29, 0.717) is 6.61 Å². The highest BCUT2D eigenvalue weighted by Crippen LogP contribution is 2.26. The molecule has 0 aromatic carbocycles. The first-order chi connectivity index (χ1) is 13.6. The average Bonchev–Trinajstić information content (AvgIpc) is 2.63. The fourth-order valence-corrected chi connectivity index (χ4v) is 3.65. The molecule has 1 N–H and O–H groups in total. The topological polar surface area (TPSA) is 55.4 Å². The average molecular weight is 396 g/mol. The van der Waals surface area contributed by atoms with Crippen LogP contribution < -0.4 is 5.32 Å². The molecular weight excluding hydrogens is 350 g/mol. The van der Waals surface area contributed by atoms with Gasteiger partial charge in [-0.1, -0.05) is 96.8 Å². The molecule has 1 rings (SSSR count). The van der Waals surface area contributed by atoms with Crippen molar-refractivity contribution in [2.24, 2.45) is 5.92 Å². The normalized spacial score (nSPS) is 15.1. The Bertz CT molecular complexity index is 407. The van der Waals surface area contributed by atoms with Crippen LogP contribution in [0.1, 0.15) is 123 Å². The molecule has 1 aliphatic rings. The number of esters is 1. The summed E-state index contributed by atoms with van der Waals surface area (Å²) in [4.78, 5) is 23.7. The van der Waals surface area contributed by atoms with Gasteiger partial charge in [0.15, 0.2) is 0 Å². The zero-order chi connectivity index (χ0) is 20.5. The second kappa shape index (κ2) is 16.9. The van der Waals surface area contributed by atoms with Crippen LogP contribution in [0.3, 0.4) is 0 Å². The summed E-state index contributed by atoms with van der Waals surface area (Å²) in [6.07, 6.45) is 21.5.